The summed E-state index contributed by atoms with van der Waals surface area (Å²) in [6.07, 6.45) is 0. The molecule has 0 unspecified atom stereocenters. The quantitative estimate of drug-likeness (QED) is 0.923. The lowest BCUT2D eigenvalue weighted by Gasteiger charge is -2.07. The first kappa shape index (κ1) is 11.8. The first-order chi connectivity index (χ1) is 8.00. The predicted octanol–water partition coefficient (Wildman–Crippen LogP) is 2.25. The smallest absolute Gasteiger partial charge is 0.335 e. The molecule has 6 heteroatoms. The van der Waals surface area contributed by atoms with E-state index in [9.17, 15) is 4.79 Å². The van der Waals surface area contributed by atoms with Crippen LogP contribution in [0.1, 0.15) is 15.9 Å². The molecular weight excluding hydrogens is 286 g/mol. The number of aryl methyl sites for hydroxylation is 2. The number of aromatic nitrogens is 3. The minimum atomic E-state index is -0.929. The maximum absolute atomic E-state index is 10.8. The van der Waals surface area contributed by atoms with Gasteiger partial charge in [0, 0.05) is 12.6 Å². The van der Waals surface area contributed by atoms with Gasteiger partial charge in [0.05, 0.1) is 5.56 Å². The third kappa shape index (κ3) is 2.08. The van der Waals surface area contributed by atoms with Crippen LogP contribution >= 0.6 is 15.9 Å². The Balaban J connectivity index is 2.58. The standard InChI is InChI=1S/C11H10BrN3O2/c1-6-5-7(11(16)17)3-4-8(6)9-10(12)13-14-15(9)2/h3-5H,1-2H3,(H,16,17). The van der Waals surface area contributed by atoms with Gasteiger partial charge in [0.1, 0.15) is 5.69 Å². The van der Waals surface area contributed by atoms with Gasteiger partial charge in [-0.25, -0.2) is 9.48 Å². The van der Waals surface area contributed by atoms with E-state index in [1.54, 1.807) is 29.9 Å². The molecule has 1 heterocycles. The Morgan fingerprint density at radius 3 is 2.65 bits per heavy atom. The monoisotopic (exact) mass is 295 g/mol. The van der Waals surface area contributed by atoms with Crippen LogP contribution in [-0.2, 0) is 7.05 Å². The number of carboxylic acid groups (broad SMARTS) is 1. The van der Waals surface area contributed by atoms with E-state index < -0.39 is 5.97 Å². The molecule has 0 fully saturated rings. The third-order valence-electron chi connectivity index (χ3n) is 2.51. The number of carboxylic acids is 1. The molecule has 0 aliphatic carbocycles. The van der Waals surface area contributed by atoms with Crippen molar-refractivity contribution in [1.29, 1.82) is 0 Å². The molecule has 0 bridgehead atoms. The van der Waals surface area contributed by atoms with Crippen molar-refractivity contribution in [2.45, 2.75) is 6.92 Å². The number of aromatic carboxylic acids is 1. The van der Waals surface area contributed by atoms with Crippen molar-refractivity contribution >= 4 is 21.9 Å². The van der Waals surface area contributed by atoms with Crippen molar-refractivity contribution in [3.05, 3.63) is 33.9 Å². The molecular formula is C11H10BrN3O2. The van der Waals surface area contributed by atoms with Crippen molar-refractivity contribution in [2.75, 3.05) is 0 Å². The van der Waals surface area contributed by atoms with Gasteiger partial charge < -0.3 is 5.11 Å². The minimum Gasteiger partial charge on any atom is -0.478 e. The lowest BCUT2D eigenvalue weighted by molar-refractivity contribution is 0.0697. The zero-order valence-electron chi connectivity index (χ0n) is 9.31. The lowest BCUT2D eigenvalue weighted by atomic mass is 10.0. The molecule has 0 spiro atoms. The number of rotatable bonds is 2. The Morgan fingerprint density at radius 1 is 1.47 bits per heavy atom. The van der Waals surface area contributed by atoms with Crippen molar-refractivity contribution < 1.29 is 9.90 Å². The largest absolute Gasteiger partial charge is 0.478 e. The average Bonchev–Trinajstić information content (AvgIpc) is 2.59. The van der Waals surface area contributed by atoms with Crippen LogP contribution in [0.4, 0.5) is 0 Å². The summed E-state index contributed by atoms with van der Waals surface area (Å²) in [4.78, 5) is 10.8. The van der Waals surface area contributed by atoms with Gasteiger partial charge in [-0.3, -0.25) is 0 Å². The van der Waals surface area contributed by atoms with Crippen LogP contribution in [0.15, 0.2) is 22.8 Å². The zero-order chi connectivity index (χ0) is 12.6. The normalized spacial score (nSPS) is 10.5. The second-order valence-electron chi connectivity index (χ2n) is 3.69. The predicted molar refractivity (Wildman–Crippen MR) is 65.8 cm³/mol. The summed E-state index contributed by atoms with van der Waals surface area (Å²) in [5.41, 5.74) is 2.89. The summed E-state index contributed by atoms with van der Waals surface area (Å²) in [6.45, 7) is 1.86. The number of carbonyl (C=O) groups is 1. The average molecular weight is 296 g/mol. The summed E-state index contributed by atoms with van der Waals surface area (Å²) >= 11 is 3.32. The highest BCUT2D eigenvalue weighted by atomic mass is 79.9. The maximum Gasteiger partial charge on any atom is 0.335 e. The lowest BCUT2D eigenvalue weighted by Crippen LogP contribution is -1.99. The molecule has 2 rings (SSSR count). The van der Waals surface area contributed by atoms with Gasteiger partial charge in [-0.1, -0.05) is 11.3 Å². The van der Waals surface area contributed by atoms with Crippen LogP contribution in [0, 0.1) is 6.92 Å². The van der Waals surface area contributed by atoms with Gasteiger partial charge in [0.25, 0.3) is 0 Å². The van der Waals surface area contributed by atoms with E-state index in [2.05, 4.69) is 26.2 Å². The Labute approximate surface area is 106 Å². The van der Waals surface area contributed by atoms with E-state index in [1.165, 1.54) is 0 Å². The number of hydrogen-bond donors (Lipinski definition) is 1. The molecule has 0 radical (unpaired) electrons. The summed E-state index contributed by atoms with van der Waals surface area (Å²) in [5, 5.41) is 16.7. The van der Waals surface area contributed by atoms with Crippen LogP contribution in [0.5, 0.6) is 0 Å². The van der Waals surface area contributed by atoms with Crippen molar-refractivity contribution in [3.8, 4) is 11.3 Å². The number of nitrogens with zero attached hydrogens (tertiary/aromatic N) is 3. The fraction of sp³-hybridized carbons (Fsp3) is 0.182. The molecule has 5 nitrogen and oxygen atoms in total. The van der Waals surface area contributed by atoms with E-state index in [-0.39, 0.29) is 5.56 Å². The van der Waals surface area contributed by atoms with E-state index in [0.717, 1.165) is 16.8 Å². The van der Waals surface area contributed by atoms with E-state index >= 15 is 0 Å². The second kappa shape index (κ2) is 4.29. The van der Waals surface area contributed by atoms with E-state index in [1.807, 2.05) is 6.92 Å². The van der Waals surface area contributed by atoms with Crippen LogP contribution in [0.2, 0.25) is 0 Å². The van der Waals surface area contributed by atoms with Gasteiger partial charge in [-0.05, 0) is 40.5 Å². The third-order valence-corrected chi connectivity index (χ3v) is 3.05. The first-order valence-corrected chi connectivity index (χ1v) is 5.69. The van der Waals surface area contributed by atoms with Crippen molar-refractivity contribution in [3.63, 3.8) is 0 Å². The van der Waals surface area contributed by atoms with Crippen LogP contribution in [0.3, 0.4) is 0 Å². The molecule has 0 amide bonds. The topological polar surface area (TPSA) is 68.0 Å². The van der Waals surface area contributed by atoms with Gasteiger partial charge >= 0.3 is 5.97 Å². The van der Waals surface area contributed by atoms with Crippen molar-refractivity contribution in [1.82, 2.24) is 15.0 Å². The Kier molecular flexibility index (Phi) is 2.97. The fourth-order valence-electron chi connectivity index (χ4n) is 1.68. The highest BCUT2D eigenvalue weighted by Crippen LogP contribution is 2.28. The molecule has 0 saturated carbocycles. The molecule has 1 aromatic carbocycles. The molecule has 0 atom stereocenters. The summed E-state index contributed by atoms with van der Waals surface area (Å²) in [7, 11) is 1.79. The Bertz CT molecular complexity index is 573. The molecule has 1 N–H and O–H groups in total. The summed E-state index contributed by atoms with van der Waals surface area (Å²) < 4.78 is 2.29. The number of halogens is 1. The Morgan fingerprint density at radius 2 is 2.18 bits per heavy atom. The van der Waals surface area contributed by atoms with Gasteiger partial charge in [-0.15, -0.1) is 5.10 Å². The summed E-state index contributed by atoms with van der Waals surface area (Å²) in [5.74, 6) is -0.929. The molecule has 2 aromatic rings. The number of hydrogen-bond acceptors (Lipinski definition) is 3. The summed E-state index contributed by atoms with van der Waals surface area (Å²) in [6, 6.07) is 4.98. The molecule has 1 aromatic heterocycles. The maximum atomic E-state index is 10.8. The first-order valence-electron chi connectivity index (χ1n) is 4.90. The van der Waals surface area contributed by atoms with Crippen LogP contribution < -0.4 is 0 Å². The van der Waals surface area contributed by atoms with Gasteiger partial charge in [0.2, 0.25) is 0 Å². The molecule has 0 aliphatic rings. The fourth-order valence-corrected chi connectivity index (χ4v) is 2.22. The molecule has 0 saturated heterocycles. The zero-order valence-corrected chi connectivity index (χ0v) is 10.9. The highest BCUT2D eigenvalue weighted by Gasteiger charge is 2.14. The SMILES string of the molecule is Cc1cc(C(=O)O)ccc1-c1c(Br)nnn1C. The second-order valence-corrected chi connectivity index (χ2v) is 4.44. The van der Waals surface area contributed by atoms with E-state index in [4.69, 9.17) is 5.11 Å². The van der Waals surface area contributed by atoms with Crippen LogP contribution in [0.25, 0.3) is 11.3 Å². The van der Waals surface area contributed by atoms with Crippen LogP contribution in [-0.4, -0.2) is 26.1 Å². The highest BCUT2D eigenvalue weighted by molar-refractivity contribution is 9.10. The molecule has 17 heavy (non-hydrogen) atoms. The minimum absolute atomic E-state index is 0.275. The Hall–Kier alpha value is -1.69. The molecule has 88 valence electrons. The van der Waals surface area contributed by atoms with Gasteiger partial charge in [-0.2, -0.15) is 0 Å². The van der Waals surface area contributed by atoms with Crippen molar-refractivity contribution in [2.24, 2.45) is 7.05 Å². The van der Waals surface area contributed by atoms with E-state index in [0.29, 0.717) is 4.60 Å². The van der Waals surface area contributed by atoms with Gasteiger partial charge in [0.15, 0.2) is 4.60 Å². The number of benzene rings is 1. The molecule has 0 aliphatic heterocycles.